The molecule has 0 aromatic heterocycles. The molecule has 0 saturated heterocycles. The van der Waals surface area contributed by atoms with E-state index in [4.69, 9.17) is 34.8 Å². The second kappa shape index (κ2) is 3.92. The lowest BCUT2D eigenvalue weighted by Crippen LogP contribution is -1.91. The SMILES string of the molecule is O=[N+]([O-])c1c(S)cc(Cl)c(Cl)c1Cl. The highest BCUT2D eigenvalue weighted by Gasteiger charge is 2.21. The Morgan fingerprint density at radius 2 is 1.85 bits per heavy atom. The van der Waals surface area contributed by atoms with Crippen molar-refractivity contribution in [1.29, 1.82) is 0 Å². The van der Waals surface area contributed by atoms with Crippen molar-refractivity contribution < 1.29 is 4.92 Å². The maximum absolute atomic E-state index is 10.5. The molecule has 0 aliphatic carbocycles. The van der Waals surface area contributed by atoms with Gasteiger partial charge in [-0.05, 0) is 6.07 Å². The standard InChI is InChI=1S/C6H2Cl3NO2S/c7-2-1-3(13)6(10(11)12)5(9)4(2)8/h1,13H. The zero-order valence-electron chi connectivity index (χ0n) is 5.92. The largest absolute Gasteiger partial charge is 0.302 e. The van der Waals surface area contributed by atoms with Crippen LogP contribution < -0.4 is 0 Å². The predicted octanol–water partition coefficient (Wildman–Crippen LogP) is 3.84. The third-order valence-corrected chi connectivity index (χ3v) is 2.89. The van der Waals surface area contributed by atoms with Crippen molar-refractivity contribution in [3.05, 3.63) is 31.2 Å². The van der Waals surface area contributed by atoms with Crippen LogP contribution in [-0.4, -0.2) is 4.92 Å². The van der Waals surface area contributed by atoms with Crippen molar-refractivity contribution in [3.63, 3.8) is 0 Å². The molecule has 0 spiro atoms. The second-order valence-electron chi connectivity index (χ2n) is 2.11. The summed E-state index contributed by atoms with van der Waals surface area (Å²) in [6.07, 6.45) is 0. The Morgan fingerprint density at radius 3 is 2.31 bits per heavy atom. The van der Waals surface area contributed by atoms with Crippen LogP contribution in [0.3, 0.4) is 0 Å². The van der Waals surface area contributed by atoms with E-state index in [1.54, 1.807) is 0 Å². The van der Waals surface area contributed by atoms with Crippen molar-refractivity contribution in [2.75, 3.05) is 0 Å². The van der Waals surface area contributed by atoms with Crippen molar-refractivity contribution in [2.24, 2.45) is 0 Å². The molecule has 0 atom stereocenters. The van der Waals surface area contributed by atoms with E-state index in [9.17, 15) is 10.1 Å². The predicted molar refractivity (Wildman–Crippen MR) is 55.4 cm³/mol. The average Bonchev–Trinajstić information content (AvgIpc) is 1.99. The van der Waals surface area contributed by atoms with Gasteiger partial charge in [0.15, 0.2) is 0 Å². The van der Waals surface area contributed by atoms with Crippen LogP contribution in [0.15, 0.2) is 11.0 Å². The van der Waals surface area contributed by atoms with Crippen LogP contribution in [0.2, 0.25) is 15.1 Å². The van der Waals surface area contributed by atoms with Gasteiger partial charge in [0.05, 0.1) is 19.9 Å². The summed E-state index contributed by atoms with van der Waals surface area (Å²) in [6.45, 7) is 0. The summed E-state index contributed by atoms with van der Waals surface area (Å²) in [6, 6.07) is 1.27. The lowest BCUT2D eigenvalue weighted by Gasteiger charge is -2.02. The molecule has 0 aliphatic rings. The van der Waals surface area contributed by atoms with Crippen molar-refractivity contribution in [2.45, 2.75) is 4.90 Å². The first-order valence-electron chi connectivity index (χ1n) is 2.96. The van der Waals surface area contributed by atoms with Gasteiger partial charge in [-0.3, -0.25) is 10.1 Å². The summed E-state index contributed by atoms with van der Waals surface area (Å²) in [5.41, 5.74) is -0.334. The Labute approximate surface area is 94.1 Å². The summed E-state index contributed by atoms with van der Waals surface area (Å²) >= 11 is 20.7. The molecule has 1 aromatic carbocycles. The topological polar surface area (TPSA) is 43.1 Å². The van der Waals surface area contributed by atoms with Crippen LogP contribution in [0.1, 0.15) is 0 Å². The summed E-state index contributed by atoms with van der Waals surface area (Å²) in [7, 11) is 0. The highest BCUT2D eigenvalue weighted by Crippen LogP contribution is 2.41. The molecular weight excluding hydrogens is 256 g/mol. The molecule has 1 aromatic rings. The molecule has 13 heavy (non-hydrogen) atoms. The van der Waals surface area contributed by atoms with E-state index >= 15 is 0 Å². The van der Waals surface area contributed by atoms with E-state index in [1.807, 2.05) is 0 Å². The molecule has 0 N–H and O–H groups in total. The van der Waals surface area contributed by atoms with E-state index in [0.29, 0.717) is 0 Å². The van der Waals surface area contributed by atoms with Crippen LogP contribution in [0, 0.1) is 10.1 Å². The van der Waals surface area contributed by atoms with Crippen LogP contribution in [0.5, 0.6) is 0 Å². The van der Waals surface area contributed by atoms with Crippen LogP contribution >= 0.6 is 47.4 Å². The minimum atomic E-state index is -0.660. The van der Waals surface area contributed by atoms with E-state index in [2.05, 4.69) is 12.6 Å². The van der Waals surface area contributed by atoms with Crippen LogP contribution in [-0.2, 0) is 0 Å². The summed E-state index contributed by atoms with van der Waals surface area (Å²) in [5, 5.41) is 10.4. The average molecular weight is 259 g/mol. The molecule has 7 heteroatoms. The zero-order valence-corrected chi connectivity index (χ0v) is 9.08. The molecule has 0 aliphatic heterocycles. The van der Waals surface area contributed by atoms with Gasteiger partial charge in [-0.25, -0.2) is 0 Å². The molecule has 0 radical (unpaired) electrons. The number of rotatable bonds is 1. The first-order chi connectivity index (χ1) is 5.95. The van der Waals surface area contributed by atoms with Gasteiger partial charge >= 0.3 is 5.69 Å². The lowest BCUT2D eigenvalue weighted by atomic mass is 10.3. The van der Waals surface area contributed by atoms with Crippen molar-refractivity contribution in [3.8, 4) is 0 Å². The summed E-state index contributed by atoms with van der Waals surface area (Å²) < 4.78 is 0. The fraction of sp³-hybridized carbons (Fsp3) is 0. The lowest BCUT2D eigenvalue weighted by molar-refractivity contribution is -0.387. The van der Waals surface area contributed by atoms with Gasteiger partial charge in [-0.2, -0.15) is 0 Å². The smallest absolute Gasteiger partial charge is 0.258 e. The molecule has 0 heterocycles. The van der Waals surface area contributed by atoms with E-state index in [1.165, 1.54) is 6.07 Å². The van der Waals surface area contributed by atoms with Gasteiger partial charge in [0.1, 0.15) is 5.02 Å². The molecule has 0 amide bonds. The van der Waals surface area contributed by atoms with Gasteiger partial charge in [0, 0.05) is 0 Å². The number of nitro groups is 1. The maximum Gasteiger partial charge on any atom is 0.302 e. The Hall–Kier alpha value is -0.160. The Balaban J connectivity index is 3.53. The monoisotopic (exact) mass is 257 g/mol. The van der Waals surface area contributed by atoms with Gasteiger partial charge in [0.2, 0.25) is 0 Å². The van der Waals surface area contributed by atoms with E-state index < -0.39 is 4.92 Å². The fourth-order valence-corrected chi connectivity index (χ4v) is 1.88. The minimum Gasteiger partial charge on any atom is -0.258 e. The highest BCUT2D eigenvalue weighted by atomic mass is 35.5. The van der Waals surface area contributed by atoms with Crippen molar-refractivity contribution in [1.82, 2.24) is 0 Å². The number of nitrogens with zero attached hydrogens (tertiary/aromatic N) is 1. The molecule has 70 valence electrons. The molecule has 0 fully saturated rings. The molecule has 0 saturated carbocycles. The molecule has 0 bridgehead atoms. The normalized spacial score (nSPS) is 10.2. The van der Waals surface area contributed by atoms with Crippen LogP contribution in [0.4, 0.5) is 5.69 Å². The number of benzene rings is 1. The van der Waals surface area contributed by atoms with Gasteiger partial charge in [-0.1, -0.05) is 34.8 Å². The first-order valence-corrected chi connectivity index (χ1v) is 4.54. The Morgan fingerprint density at radius 1 is 1.31 bits per heavy atom. The zero-order chi connectivity index (χ0) is 10.2. The maximum atomic E-state index is 10.5. The van der Waals surface area contributed by atoms with Gasteiger partial charge in [0.25, 0.3) is 0 Å². The number of halogens is 3. The summed E-state index contributed by atoms with van der Waals surface area (Å²) in [4.78, 5) is 9.90. The third-order valence-electron chi connectivity index (χ3n) is 1.30. The second-order valence-corrected chi connectivity index (χ2v) is 3.76. The minimum absolute atomic E-state index is 0.0344. The van der Waals surface area contributed by atoms with Crippen LogP contribution in [0.25, 0.3) is 0 Å². The number of hydrogen-bond acceptors (Lipinski definition) is 3. The van der Waals surface area contributed by atoms with Gasteiger partial charge < -0.3 is 0 Å². The highest BCUT2D eigenvalue weighted by molar-refractivity contribution is 7.80. The molecule has 0 unspecified atom stereocenters. The van der Waals surface area contributed by atoms with Crippen molar-refractivity contribution >= 4 is 53.1 Å². The fourth-order valence-electron chi connectivity index (χ4n) is 0.747. The number of thiol groups is 1. The Kier molecular flexibility index (Phi) is 3.29. The van der Waals surface area contributed by atoms with E-state index in [-0.39, 0.29) is 25.7 Å². The third kappa shape index (κ3) is 2.02. The first kappa shape index (κ1) is 10.9. The van der Waals surface area contributed by atoms with Gasteiger partial charge in [-0.15, -0.1) is 12.6 Å². The molecule has 3 nitrogen and oxygen atoms in total. The quantitative estimate of drug-likeness (QED) is 0.360. The summed E-state index contributed by atoms with van der Waals surface area (Å²) in [5.74, 6) is 0. The number of hydrogen-bond donors (Lipinski definition) is 1. The molecule has 1 rings (SSSR count). The molecular formula is C6H2Cl3NO2S. The van der Waals surface area contributed by atoms with E-state index in [0.717, 1.165) is 0 Å². The number of nitro benzene ring substituents is 1. The Bertz CT molecular complexity index is 383.